The van der Waals surface area contributed by atoms with Gasteiger partial charge in [0, 0.05) is 9.22 Å². The van der Waals surface area contributed by atoms with Crippen LogP contribution in [0.1, 0.15) is 39.2 Å². The Balaban J connectivity index is 1.95. The Morgan fingerprint density at radius 1 is 1.32 bits per heavy atom. The Morgan fingerprint density at radius 3 is 2.37 bits per heavy atom. The van der Waals surface area contributed by atoms with Crippen LogP contribution >= 0.6 is 27.7 Å². The third-order valence-corrected chi connectivity index (χ3v) is 4.96. The van der Waals surface area contributed by atoms with Crippen molar-refractivity contribution in [1.82, 2.24) is 5.32 Å². The molecule has 0 saturated heterocycles. The average molecular weight is 342 g/mol. The number of hydrogen-bond acceptors (Lipinski definition) is 2. The number of rotatable bonds is 4. The maximum absolute atomic E-state index is 12.0. The summed E-state index contributed by atoms with van der Waals surface area (Å²) in [6, 6.07) is 8.25. The van der Waals surface area contributed by atoms with Crippen LogP contribution < -0.4 is 5.32 Å². The first-order chi connectivity index (χ1) is 8.81. The highest BCUT2D eigenvalue weighted by Gasteiger charge is 2.45. The lowest BCUT2D eigenvalue weighted by Crippen LogP contribution is -2.36. The molecule has 2 nitrogen and oxygen atoms in total. The monoisotopic (exact) mass is 341 g/mol. The van der Waals surface area contributed by atoms with Gasteiger partial charge in [-0.3, -0.25) is 4.79 Å². The van der Waals surface area contributed by atoms with E-state index in [1.807, 2.05) is 12.1 Å². The molecule has 1 fully saturated rings. The molecule has 1 aliphatic carbocycles. The van der Waals surface area contributed by atoms with Gasteiger partial charge in [-0.2, -0.15) is 0 Å². The Bertz CT molecular complexity index is 460. The van der Waals surface area contributed by atoms with Crippen LogP contribution in [0.15, 0.2) is 28.7 Å². The summed E-state index contributed by atoms with van der Waals surface area (Å²) < 4.78 is 1.20. The lowest BCUT2D eigenvalue weighted by Gasteiger charge is -2.21. The molecule has 1 aromatic carbocycles. The minimum absolute atomic E-state index is 0.101. The molecular weight excluding hydrogens is 322 g/mol. The average Bonchev–Trinajstić information content (AvgIpc) is 3.07. The fraction of sp³-hybridized carbons (Fsp3) is 0.533. The number of nitrogens with one attached hydrogen (secondary N) is 1. The molecule has 1 aromatic rings. The van der Waals surface area contributed by atoms with Gasteiger partial charge in [-0.05, 0) is 30.5 Å². The summed E-state index contributed by atoms with van der Waals surface area (Å²) in [5.41, 5.74) is 1.11. The summed E-state index contributed by atoms with van der Waals surface area (Å²) >= 11 is 5.13. The van der Waals surface area contributed by atoms with Crippen LogP contribution in [0.3, 0.4) is 0 Å². The minimum Gasteiger partial charge on any atom is -0.346 e. The first-order valence-electron chi connectivity index (χ1n) is 6.52. The zero-order valence-electron chi connectivity index (χ0n) is 11.6. The van der Waals surface area contributed by atoms with Gasteiger partial charge in [-0.15, -0.1) is 11.8 Å². The van der Waals surface area contributed by atoms with Crippen molar-refractivity contribution >= 4 is 33.6 Å². The SMILES string of the molecule is CC(C)(C)SCC(=O)NC1(c2ccc(Br)cc2)CC1. The number of carbonyl (C=O) groups is 1. The van der Waals surface area contributed by atoms with Crippen LogP contribution in [0.25, 0.3) is 0 Å². The van der Waals surface area contributed by atoms with Crippen molar-refractivity contribution in [2.45, 2.75) is 43.9 Å². The molecule has 1 saturated carbocycles. The first kappa shape index (κ1) is 14.9. The maximum Gasteiger partial charge on any atom is 0.230 e. The molecule has 0 atom stereocenters. The molecule has 19 heavy (non-hydrogen) atoms. The van der Waals surface area contributed by atoms with Gasteiger partial charge >= 0.3 is 0 Å². The van der Waals surface area contributed by atoms with Crippen molar-refractivity contribution in [3.63, 3.8) is 0 Å². The van der Waals surface area contributed by atoms with E-state index in [4.69, 9.17) is 0 Å². The zero-order valence-corrected chi connectivity index (χ0v) is 14.0. The number of carbonyl (C=O) groups excluding carboxylic acids is 1. The van der Waals surface area contributed by atoms with E-state index in [0.717, 1.165) is 17.3 Å². The molecule has 0 unspecified atom stereocenters. The molecule has 4 heteroatoms. The largest absolute Gasteiger partial charge is 0.346 e. The van der Waals surface area contributed by atoms with E-state index < -0.39 is 0 Å². The Morgan fingerprint density at radius 2 is 1.89 bits per heavy atom. The van der Waals surface area contributed by atoms with Crippen molar-refractivity contribution < 1.29 is 4.79 Å². The van der Waals surface area contributed by atoms with Crippen LogP contribution in [0, 0.1) is 0 Å². The number of hydrogen-bond donors (Lipinski definition) is 1. The fourth-order valence-electron chi connectivity index (χ4n) is 1.96. The Labute approximate surface area is 127 Å². The van der Waals surface area contributed by atoms with Gasteiger partial charge in [0.15, 0.2) is 0 Å². The highest BCUT2D eigenvalue weighted by atomic mass is 79.9. The van der Waals surface area contributed by atoms with Gasteiger partial charge in [0.25, 0.3) is 0 Å². The van der Waals surface area contributed by atoms with E-state index in [2.05, 4.69) is 54.2 Å². The summed E-state index contributed by atoms with van der Waals surface area (Å²) in [7, 11) is 0. The van der Waals surface area contributed by atoms with E-state index >= 15 is 0 Å². The highest BCUT2D eigenvalue weighted by molar-refractivity contribution is 9.10. The van der Waals surface area contributed by atoms with Crippen LogP contribution in [-0.2, 0) is 10.3 Å². The third-order valence-electron chi connectivity index (χ3n) is 3.16. The lowest BCUT2D eigenvalue weighted by atomic mass is 10.1. The van der Waals surface area contributed by atoms with Gasteiger partial charge < -0.3 is 5.32 Å². The summed E-state index contributed by atoms with van der Waals surface area (Å²) in [6.07, 6.45) is 2.08. The molecule has 0 aliphatic heterocycles. The predicted octanol–water partition coefficient (Wildman–Crippen LogP) is 4.09. The number of amides is 1. The molecule has 0 aromatic heterocycles. The van der Waals surface area contributed by atoms with Gasteiger partial charge in [0.05, 0.1) is 11.3 Å². The lowest BCUT2D eigenvalue weighted by molar-refractivity contribution is -0.119. The number of benzene rings is 1. The molecule has 1 aliphatic rings. The van der Waals surface area contributed by atoms with Gasteiger partial charge in [-0.1, -0.05) is 48.8 Å². The second-order valence-corrected chi connectivity index (χ2v) is 8.76. The van der Waals surface area contributed by atoms with E-state index in [1.165, 1.54) is 5.56 Å². The Kier molecular flexibility index (Phi) is 4.31. The van der Waals surface area contributed by atoms with Gasteiger partial charge in [0.2, 0.25) is 5.91 Å². The quantitative estimate of drug-likeness (QED) is 0.893. The second kappa shape index (κ2) is 5.49. The summed E-state index contributed by atoms with van der Waals surface area (Å²) in [5, 5.41) is 3.20. The van der Waals surface area contributed by atoms with E-state index in [-0.39, 0.29) is 16.2 Å². The van der Waals surface area contributed by atoms with Crippen LogP contribution in [-0.4, -0.2) is 16.4 Å². The molecule has 1 amide bonds. The Hall–Kier alpha value is -0.480. The number of halogens is 1. The van der Waals surface area contributed by atoms with Gasteiger partial charge in [-0.25, -0.2) is 0 Å². The normalized spacial score (nSPS) is 17.1. The van der Waals surface area contributed by atoms with E-state index in [0.29, 0.717) is 5.75 Å². The van der Waals surface area contributed by atoms with Crippen molar-refractivity contribution in [3.8, 4) is 0 Å². The van der Waals surface area contributed by atoms with Crippen molar-refractivity contribution in [1.29, 1.82) is 0 Å². The summed E-state index contributed by atoms with van der Waals surface area (Å²) in [4.78, 5) is 12.0. The van der Waals surface area contributed by atoms with E-state index in [9.17, 15) is 4.79 Å². The summed E-state index contributed by atoms with van der Waals surface area (Å²) in [5.74, 6) is 0.669. The highest BCUT2D eigenvalue weighted by Crippen LogP contribution is 2.45. The number of thioether (sulfide) groups is 1. The van der Waals surface area contributed by atoms with Crippen molar-refractivity contribution in [2.75, 3.05) is 5.75 Å². The van der Waals surface area contributed by atoms with Crippen LogP contribution in [0.5, 0.6) is 0 Å². The van der Waals surface area contributed by atoms with Crippen molar-refractivity contribution in [2.24, 2.45) is 0 Å². The molecule has 2 rings (SSSR count). The molecular formula is C15H20BrNOS. The van der Waals surface area contributed by atoms with Crippen LogP contribution in [0.4, 0.5) is 0 Å². The predicted molar refractivity (Wildman–Crippen MR) is 85.4 cm³/mol. The van der Waals surface area contributed by atoms with E-state index in [1.54, 1.807) is 11.8 Å². The molecule has 0 radical (unpaired) electrons. The standard InChI is InChI=1S/C15H20BrNOS/c1-14(2,3)19-10-13(18)17-15(8-9-15)11-4-6-12(16)7-5-11/h4-7H,8-10H2,1-3H3,(H,17,18). The maximum atomic E-state index is 12.0. The third kappa shape index (κ3) is 4.25. The smallest absolute Gasteiger partial charge is 0.230 e. The topological polar surface area (TPSA) is 29.1 Å². The van der Waals surface area contributed by atoms with Crippen LogP contribution in [0.2, 0.25) is 0 Å². The first-order valence-corrected chi connectivity index (χ1v) is 8.30. The summed E-state index contributed by atoms with van der Waals surface area (Å²) in [6.45, 7) is 6.39. The molecule has 1 N–H and O–H groups in total. The second-order valence-electron chi connectivity index (χ2n) is 6.04. The molecule has 0 spiro atoms. The minimum atomic E-state index is -0.101. The van der Waals surface area contributed by atoms with Gasteiger partial charge in [0.1, 0.15) is 0 Å². The van der Waals surface area contributed by atoms with Crippen molar-refractivity contribution in [3.05, 3.63) is 34.3 Å². The molecule has 0 bridgehead atoms. The zero-order chi connectivity index (χ0) is 14.1. The fourth-order valence-corrected chi connectivity index (χ4v) is 2.87. The molecule has 0 heterocycles. The molecule has 104 valence electrons.